The lowest BCUT2D eigenvalue weighted by Crippen LogP contribution is -2.26. The molecule has 0 bridgehead atoms. The molecule has 6 nitrogen and oxygen atoms in total. The summed E-state index contributed by atoms with van der Waals surface area (Å²) in [7, 11) is 0. The van der Waals surface area contributed by atoms with Crippen molar-refractivity contribution in [3.8, 4) is 11.8 Å². The van der Waals surface area contributed by atoms with Crippen LogP contribution in [-0.2, 0) is 4.74 Å². The van der Waals surface area contributed by atoms with Gasteiger partial charge >= 0.3 is 0 Å². The number of aliphatic hydroxyl groups excluding tert-OH is 2. The molecule has 0 heterocycles. The molecule has 1 aliphatic carbocycles. The summed E-state index contributed by atoms with van der Waals surface area (Å²) < 4.78 is 5.50. The second-order valence-electron chi connectivity index (χ2n) is 8.75. The molecule has 1 aromatic carbocycles. The molecule has 1 aromatic rings. The van der Waals surface area contributed by atoms with E-state index in [-0.39, 0.29) is 17.7 Å². The Morgan fingerprint density at radius 1 is 1.37 bits per heavy atom. The van der Waals surface area contributed by atoms with Crippen LogP contribution in [-0.4, -0.2) is 41.6 Å². The minimum Gasteiger partial charge on any atom is -0.382 e. The maximum Gasteiger partial charge on any atom is 0.174 e. The number of aliphatic imine (C=N–C) groups is 1. The third-order valence-corrected chi connectivity index (χ3v) is 5.08. The summed E-state index contributed by atoms with van der Waals surface area (Å²) in [6, 6.07) is 5.74. The average Bonchev–Trinajstić information content (AvgIpc) is 3.53. The van der Waals surface area contributed by atoms with Gasteiger partial charge in [-0.3, -0.25) is 4.99 Å². The lowest BCUT2D eigenvalue weighted by Gasteiger charge is -2.25. The van der Waals surface area contributed by atoms with Crippen LogP contribution in [0.2, 0.25) is 0 Å². The van der Waals surface area contributed by atoms with Crippen molar-refractivity contribution >= 4 is 11.9 Å². The molecule has 0 aliphatic heterocycles. The van der Waals surface area contributed by atoms with Crippen LogP contribution in [0.3, 0.4) is 0 Å². The van der Waals surface area contributed by atoms with Gasteiger partial charge in [0.15, 0.2) is 6.29 Å². The van der Waals surface area contributed by atoms with Crippen molar-refractivity contribution in [3.63, 3.8) is 0 Å². The first-order valence-corrected chi connectivity index (χ1v) is 10.6. The number of hydrazone groups is 1. The van der Waals surface area contributed by atoms with E-state index in [0.29, 0.717) is 18.1 Å². The van der Waals surface area contributed by atoms with Gasteiger partial charge in [-0.2, -0.15) is 5.10 Å². The van der Waals surface area contributed by atoms with Gasteiger partial charge in [-0.15, -0.1) is 0 Å². The molecule has 6 heteroatoms. The van der Waals surface area contributed by atoms with Crippen molar-refractivity contribution in [3.05, 3.63) is 34.9 Å². The van der Waals surface area contributed by atoms with Crippen molar-refractivity contribution in [1.82, 2.24) is 0 Å². The molecular formula is C24H35N3O3. The Balaban J connectivity index is 1.97. The molecule has 0 saturated heterocycles. The van der Waals surface area contributed by atoms with Crippen LogP contribution in [0, 0.1) is 30.1 Å². The molecule has 0 aromatic heterocycles. The van der Waals surface area contributed by atoms with Gasteiger partial charge in [0, 0.05) is 17.7 Å². The van der Waals surface area contributed by atoms with Gasteiger partial charge in [0.2, 0.25) is 0 Å². The number of aryl methyl sites for hydroxylation is 1. The molecule has 0 spiro atoms. The van der Waals surface area contributed by atoms with E-state index in [0.717, 1.165) is 24.0 Å². The Kier molecular flexibility index (Phi) is 9.04. The fraction of sp³-hybridized carbons (Fsp3) is 0.583. The van der Waals surface area contributed by atoms with Gasteiger partial charge in [0.25, 0.3) is 0 Å². The number of nitrogens with two attached hydrogens (primary N) is 1. The highest BCUT2D eigenvalue weighted by atomic mass is 16.6. The van der Waals surface area contributed by atoms with Crippen LogP contribution < -0.4 is 5.84 Å². The normalized spacial score (nSPS) is 16.9. The molecule has 1 aliphatic rings. The Labute approximate surface area is 180 Å². The molecule has 2 atom stereocenters. The molecule has 0 radical (unpaired) electrons. The van der Waals surface area contributed by atoms with E-state index in [1.807, 2.05) is 25.1 Å². The summed E-state index contributed by atoms with van der Waals surface area (Å²) in [6.07, 6.45) is 3.75. The van der Waals surface area contributed by atoms with E-state index in [4.69, 9.17) is 10.6 Å². The standard InChI is InChI=1S/C24H35N3O3/c1-5-12-24(3,4)16-30-22(28)15-26-14-21(27-25)23(29)20-13-19(7-6-17(20)2)11-10-18-8-9-18/h6-7,13-14,18,22-23,28-29H,5,8-9,12,15-16,25H2,1-4H3/b26-14?,27-21+. The molecular weight excluding hydrogens is 378 g/mol. The first-order chi connectivity index (χ1) is 14.3. The molecule has 2 unspecified atom stereocenters. The van der Waals surface area contributed by atoms with Crippen molar-refractivity contribution in [2.24, 2.45) is 27.3 Å². The van der Waals surface area contributed by atoms with Crippen LogP contribution in [0.5, 0.6) is 0 Å². The SMILES string of the molecule is CCCC(C)(C)COC(O)CN=C/C(=N\N)C(O)c1cc(C#CC2CC2)ccc1C. The first-order valence-electron chi connectivity index (χ1n) is 10.6. The van der Waals surface area contributed by atoms with E-state index in [1.54, 1.807) is 0 Å². The highest BCUT2D eigenvalue weighted by molar-refractivity contribution is 6.32. The van der Waals surface area contributed by atoms with E-state index in [2.05, 4.69) is 42.7 Å². The van der Waals surface area contributed by atoms with Crippen molar-refractivity contribution in [2.75, 3.05) is 13.2 Å². The van der Waals surface area contributed by atoms with Crippen LogP contribution in [0.1, 0.15) is 69.2 Å². The molecule has 30 heavy (non-hydrogen) atoms. The van der Waals surface area contributed by atoms with Crippen molar-refractivity contribution in [2.45, 2.75) is 65.8 Å². The maximum absolute atomic E-state index is 10.8. The quantitative estimate of drug-likeness (QED) is 0.180. The lowest BCUT2D eigenvalue weighted by atomic mass is 9.89. The Morgan fingerprint density at radius 2 is 2.10 bits per heavy atom. The van der Waals surface area contributed by atoms with Gasteiger partial charge < -0.3 is 20.8 Å². The summed E-state index contributed by atoms with van der Waals surface area (Å²) in [4.78, 5) is 4.16. The van der Waals surface area contributed by atoms with Gasteiger partial charge in [-0.05, 0) is 54.9 Å². The zero-order valence-corrected chi connectivity index (χ0v) is 18.6. The number of benzene rings is 1. The fourth-order valence-corrected chi connectivity index (χ4v) is 3.12. The largest absolute Gasteiger partial charge is 0.382 e. The highest BCUT2D eigenvalue weighted by Crippen LogP contribution is 2.28. The Hall–Kier alpha value is -2.20. The molecule has 164 valence electrons. The summed E-state index contributed by atoms with van der Waals surface area (Å²) in [6.45, 7) is 8.74. The summed E-state index contributed by atoms with van der Waals surface area (Å²) in [5.41, 5.74) is 2.67. The first kappa shape index (κ1) is 24.1. The topological polar surface area (TPSA) is 100 Å². The lowest BCUT2D eigenvalue weighted by molar-refractivity contribution is -0.114. The fourth-order valence-electron chi connectivity index (χ4n) is 3.12. The number of aliphatic hydroxyl groups is 2. The van der Waals surface area contributed by atoms with Gasteiger partial charge in [0.05, 0.1) is 13.2 Å². The third-order valence-electron chi connectivity index (χ3n) is 5.08. The summed E-state index contributed by atoms with van der Waals surface area (Å²) in [5, 5.41) is 24.5. The Morgan fingerprint density at radius 3 is 2.73 bits per heavy atom. The van der Waals surface area contributed by atoms with Crippen LogP contribution in [0.15, 0.2) is 28.3 Å². The predicted molar refractivity (Wildman–Crippen MR) is 121 cm³/mol. The van der Waals surface area contributed by atoms with E-state index >= 15 is 0 Å². The maximum atomic E-state index is 10.8. The number of rotatable bonds is 10. The van der Waals surface area contributed by atoms with Crippen molar-refractivity contribution < 1.29 is 14.9 Å². The number of hydrogen-bond donors (Lipinski definition) is 3. The molecule has 0 amide bonds. The number of hydrogen-bond acceptors (Lipinski definition) is 6. The summed E-state index contributed by atoms with van der Waals surface area (Å²) in [5.74, 6) is 12.4. The van der Waals surface area contributed by atoms with Gasteiger partial charge in [-0.25, -0.2) is 0 Å². The van der Waals surface area contributed by atoms with Gasteiger partial charge in [-0.1, -0.05) is 45.1 Å². The minimum atomic E-state index is -1.03. The summed E-state index contributed by atoms with van der Waals surface area (Å²) >= 11 is 0. The molecule has 2 rings (SSSR count). The molecule has 4 N–H and O–H groups in total. The molecule has 1 saturated carbocycles. The number of nitrogens with zero attached hydrogens (tertiary/aromatic N) is 2. The van der Waals surface area contributed by atoms with Crippen LogP contribution in [0.4, 0.5) is 0 Å². The van der Waals surface area contributed by atoms with E-state index in [9.17, 15) is 10.2 Å². The highest BCUT2D eigenvalue weighted by Gasteiger charge is 2.20. The zero-order chi connectivity index (χ0) is 22.1. The predicted octanol–water partition coefficient (Wildman–Crippen LogP) is 3.34. The van der Waals surface area contributed by atoms with Crippen molar-refractivity contribution in [1.29, 1.82) is 0 Å². The second kappa shape index (κ2) is 11.3. The van der Waals surface area contributed by atoms with E-state index < -0.39 is 12.4 Å². The second-order valence-corrected chi connectivity index (χ2v) is 8.75. The Bertz CT molecular complexity index is 817. The van der Waals surface area contributed by atoms with Gasteiger partial charge in [0.1, 0.15) is 11.8 Å². The molecule has 1 fully saturated rings. The number of ether oxygens (including phenoxy) is 1. The van der Waals surface area contributed by atoms with Crippen LogP contribution in [0.25, 0.3) is 0 Å². The third kappa shape index (κ3) is 7.91. The average molecular weight is 414 g/mol. The monoisotopic (exact) mass is 413 g/mol. The van der Waals surface area contributed by atoms with E-state index in [1.165, 1.54) is 19.1 Å². The van der Waals surface area contributed by atoms with Crippen LogP contribution >= 0.6 is 0 Å². The smallest absolute Gasteiger partial charge is 0.174 e. The minimum absolute atomic E-state index is 0.00442. The zero-order valence-electron chi connectivity index (χ0n) is 18.6.